The van der Waals surface area contributed by atoms with Gasteiger partial charge in [-0.2, -0.15) is 0 Å². The molecule has 0 radical (unpaired) electrons. The Morgan fingerprint density at radius 3 is 2.08 bits per heavy atom. The average molecular weight is 673 g/mol. The summed E-state index contributed by atoms with van der Waals surface area (Å²) in [5, 5.41) is 7.42. The number of allylic oxidation sites excluding steroid dienone is 4. The lowest BCUT2D eigenvalue weighted by atomic mass is 9.62. The second-order valence-corrected chi connectivity index (χ2v) is 13.6. The van der Waals surface area contributed by atoms with Crippen molar-refractivity contribution >= 4 is 11.4 Å². The second-order valence-electron chi connectivity index (χ2n) is 13.6. The van der Waals surface area contributed by atoms with Gasteiger partial charge in [0.15, 0.2) is 0 Å². The first-order valence-corrected chi connectivity index (χ1v) is 18.0. The van der Waals surface area contributed by atoms with Crippen LogP contribution >= 0.6 is 0 Å². The smallest absolute Gasteiger partial charge is 0.140 e. The maximum atomic E-state index is 7.28. The minimum atomic E-state index is -0.695. The van der Waals surface area contributed by atoms with Gasteiger partial charge in [0.2, 0.25) is 0 Å². The van der Waals surface area contributed by atoms with Crippen molar-refractivity contribution in [2.45, 2.75) is 17.9 Å². The fourth-order valence-corrected chi connectivity index (χ4v) is 8.43. The molecule has 1 atom stereocenters. The summed E-state index contributed by atoms with van der Waals surface area (Å²) < 4.78 is 13.9. The maximum Gasteiger partial charge on any atom is 0.140 e. The first-order chi connectivity index (χ1) is 25.8. The minimum Gasteiger partial charge on any atom is -0.457 e. The Kier molecular flexibility index (Phi) is 7.21. The van der Waals surface area contributed by atoms with Crippen molar-refractivity contribution in [3.63, 3.8) is 0 Å². The SMILES string of the molecule is C1=CCNC(c2ccc3c(c2)Oc2c(-c4cccc(NC5C=CC=CC5)c4-c4ccccc4)cccc2C32c3ccccc3Oc3ccccc32)=C1. The van der Waals surface area contributed by atoms with E-state index in [-0.39, 0.29) is 6.04 Å². The maximum absolute atomic E-state index is 7.28. The summed E-state index contributed by atoms with van der Waals surface area (Å²) in [4.78, 5) is 0. The number of dihydropyridines is 1. The molecule has 1 unspecified atom stereocenters. The zero-order valence-electron chi connectivity index (χ0n) is 28.6. The summed E-state index contributed by atoms with van der Waals surface area (Å²) in [6.45, 7) is 0.790. The van der Waals surface area contributed by atoms with E-state index in [4.69, 9.17) is 9.47 Å². The third kappa shape index (κ3) is 4.75. The fraction of sp³-hybridized carbons (Fsp3) is 0.0833. The van der Waals surface area contributed by atoms with Crippen LogP contribution in [-0.2, 0) is 5.41 Å². The molecule has 10 rings (SSSR count). The lowest BCUT2D eigenvalue weighted by molar-refractivity contribution is 0.400. The molecule has 0 bridgehead atoms. The summed E-state index contributed by atoms with van der Waals surface area (Å²) in [5.74, 6) is 3.37. The first-order valence-electron chi connectivity index (χ1n) is 18.0. The molecular formula is C48H36N2O2. The first kappa shape index (κ1) is 30.3. The standard InChI is InChI=1S/C48H36N2O2/c1-3-15-32(16-4-1)46-35(19-14-25-42(46)50-34-17-5-2-6-18-34)36-20-13-23-40-47(36)52-45-31-33(41-24-11-12-30-49-41)28-29-39(45)48(40)37-21-7-9-26-43(37)51-44-27-10-8-22-38(44)48/h1-17,19-29,31,34,49-50H,18,30H2. The van der Waals surface area contributed by atoms with Gasteiger partial charge in [-0.1, -0.05) is 146 Å². The van der Waals surface area contributed by atoms with Gasteiger partial charge in [-0.25, -0.2) is 0 Å². The van der Waals surface area contributed by atoms with Crippen molar-refractivity contribution in [2.75, 3.05) is 11.9 Å². The zero-order chi connectivity index (χ0) is 34.5. The van der Waals surface area contributed by atoms with Crippen molar-refractivity contribution in [3.05, 3.63) is 204 Å². The lowest BCUT2D eigenvalue weighted by Crippen LogP contribution is -2.37. The Bertz CT molecular complexity index is 2440. The molecular weight excluding hydrogens is 637 g/mol. The molecule has 1 spiro atoms. The fourth-order valence-electron chi connectivity index (χ4n) is 8.43. The van der Waals surface area contributed by atoms with Gasteiger partial charge in [-0.05, 0) is 47.9 Å². The van der Waals surface area contributed by atoms with Crippen molar-refractivity contribution in [3.8, 4) is 45.3 Å². The number of rotatable bonds is 5. The van der Waals surface area contributed by atoms with Crippen LogP contribution in [-0.4, -0.2) is 12.6 Å². The number of para-hydroxylation sites is 3. The molecule has 0 aromatic heterocycles. The van der Waals surface area contributed by atoms with Crippen LogP contribution in [0.25, 0.3) is 28.0 Å². The molecule has 2 N–H and O–H groups in total. The molecule has 4 heteroatoms. The topological polar surface area (TPSA) is 42.5 Å². The van der Waals surface area contributed by atoms with Gasteiger partial charge in [0, 0.05) is 62.9 Å². The summed E-state index contributed by atoms with van der Waals surface area (Å²) in [6.07, 6.45) is 16.0. The molecule has 1 aliphatic carbocycles. The summed E-state index contributed by atoms with van der Waals surface area (Å²) in [5.41, 5.74) is 11.4. The zero-order valence-corrected chi connectivity index (χ0v) is 28.6. The van der Waals surface area contributed by atoms with Crippen molar-refractivity contribution in [1.82, 2.24) is 5.32 Å². The Labute approximate surface area is 304 Å². The quantitative estimate of drug-likeness (QED) is 0.191. The van der Waals surface area contributed by atoms with Crippen molar-refractivity contribution in [1.29, 1.82) is 0 Å². The Hall–Kier alpha value is -6.52. The highest BCUT2D eigenvalue weighted by atomic mass is 16.5. The van der Waals surface area contributed by atoms with E-state index in [1.165, 1.54) is 0 Å². The van der Waals surface area contributed by atoms with Gasteiger partial charge in [0.1, 0.15) is 23.0 Å². The number of benzene rings is 6. The number of hydrogen-bond acceptors (Lipinski definition) is 4. The van der Waals surface area contributed by atoms with Gasteiger partial charge in [-0.15, -0.1) is 0 Å². The second kappa shape index (κ2) is 12.4. The highest BCUT2D eigenvalue weighted by Gasteiger charge is 2.51. The van der Waals surface area contributed by atoms with E-state index in [9.17, 15) is 0 Å². The molecule has 6 aromatic rings. The highest BCUT2D eigenvalue weighted by Crippen LogP contribution is 2.63. The van der Waals surface area contributed by atoms with Crippen LogP contribution < -0.4 is 20.1 Å². The van der Waals surface area contributed by atoms with E-state index in [1.807, 2.05) is 0 Å². The Morgan fingerprint density at radius 2 is 1.31 bits per heavy atom. The number of ether oxygens (including phenoxy) is 2. The third-order valence-electron chi connectivity index (χ3n) is 10.7. The molecule has 0 fully saturated rings. The van der Waals surface area contributed by atoms with Crippen LogP contribution in [0, 0.1) is 0 Å². The van der Waals surface area contributed by atoms with Gasteiger partial charge >= 0.3 is 0 Å². The van der Waals surface area contributed by atoms with Crippen molar-refractivity contribution < 1.29 is 9.47 Å². The number of nitrogens with one attached hydrogen (secondary N) is 2. The molecule has 4 nitrogen and oxygen atoms in total. The Morgan fingerprint density at radius 1 is 0.577 bits per heavy atom. The van der Waals surface area contributed by atoms with E-state index in [1.54, 1.807) is 0 Å². The summed E-state index contributed by atoms with van der Waals surface area (Å²) >= 11 is 0. The van der Waals surface area contributed by atoms with E-state index < -0.39 is 5.41 Å². The third-order valence-corrected chi connectivity index (χ3v) is 10.7. The van der Waals surface area contributed by atoms with Crippen LogP contribution in [0.5, 0.6) is 23.0 Å². The highest BCUT2D eigenvalue weighted by molar-refractivity contribution is 5.95. The minimum absolute atomic E-state index is 0.199. The predicted molar refractivity (Wildman–Crippen MR) is 211 cm³/mol. The molecule has 52 heavy (non-hydrogen) atoms. The monoisotopic (exact) mass is 672 g/mol. The van der Waals surface area contributed by atoms with E-state index in [2.05, 4.69) is 187 Å². The summed E-state index contributed by atoms with van der Waals surface area (Å²) in [7, 11) is 0. The van der Waals surface area contributed by atoms with Crippen LogP contribution in [0.3, 0.4) is 0 Å². The molecule has 3 aliphatic heterocycles. The molecule has 0 saturated carbocycles. The molecule has 0 saturated heterocycles. The van der Waals surface area contributed by atoms with Crippen LogP contribution in [0.1, 0.15) is 34.2 Å². The van der Waals surface area contributed by atoms with E-state index in [0.29, 0.717) is 0 Å². The normalized spacial score (nSPS) is 17.0. The van der Waals surface area contributed by atoms with Gasteiger partial charge in [0.05, 0.1) is 5.41 Å². The van der Waals surface area contributed by atoms with Gasteiger partial charge in [-0.3, -0.25) is 0 Å². The van der Waals surface area contributed by atoms with Crippen molar-refractivity contribution in [2.24, 2.45) is 0 Å². The summed E-state index contributed by atoms with van der Waals surface area (Å²) in [6, 6.07) is 47.7. The van der Waals surface area contributed by atoms with E-state index in [0.717, 1.165) is 97.4 Å². The molecule has 0 amide bonds. The molecule has 250 valence electrons. The van der Waals surface area contributed by atoms with Crippen LogP contribution in [0.2, 0.25) is 0 Å². The largest absolute Gasteiger partial charge is 0.457 e. The average Bonchev–Trinajstić information content (AvgIpc) is 3.21. The molecule has 3 heterocycles. The number of fused-ring (bicyclic) bond motifs is 8. The van der Waals surface area contributed by atoms with Gasteiger partial charge < -0.3 is 20.1 Å². The predicted octanol–water partition coefficient (Wildman–Crippen LogP) is 11.4. The van der Waals surface area contributed by atoms with E-state index >= 15 is 0 Å². The van der Waals surface area contributed by atoms with Crippen LogP contribution in [0.15, 0.2) is 176 Å². The van der Waals surface area contributed by atoms with Gasteiger partial charge in [0.25, 0.3) is 0 Å². The Balaban J connectivity index is 1.26. The van der Waals surface area contributed by atoms with Crippen LogP contribution in [0.4, 0.5) is 5.69 Å². The number of hydrogen-bond donors (Lipinski definition) is 2. The molecule has 6 aromatic carbocycles. The lowest BCUT2D eigenvalue weighted by Gasteiger charge is -2.45. The molecule has 4 aliphatic rings. The number of anilines is 1.